The van der Waals surface area contributed by atoms with Gasteiger partial charge in [0, 0.05) is 0 Å². The predicted molar refractivity (Wildman–Crippen MR) is 88.5 cm³/mol. The van der Waals surface area contributed by atoms with E-state index in [1.165, 1.54) is 11.8 Å². The van der Waals surface area contributed by atoms with Gasteiger partial charge in [-0.15, -0.1) is 5.10 Å². The van der Waals surface area contributed by atoms with Gasteiger partial charge >= 0.3 is 0 Å². The van der Waals surface area contributed by atoms with Crippen LogP contribution in [0.5, 0.6) is 0 Å². The van der Waals surface area contributed by atoms with Crippen LogP contribution in [0, 0.1) is 6.92 Å². The summed E-state index contributed by atoms with van der Waals surface area (Å²) in [5, 5.41) is 10.1. The molecule has 0 fully saturated rings. The largest absolute Gasteiger partial charge is 0.322 e. The summed E-state index contributed by atoms with van der Waals surface area (Å²) in [4.78, 5) is 30.8. The van der Waals surface area contributed by atoms with Gasteiger partial charge in [0.05, 0.1) is 17.1 Å². The lowest BCUT2D eigenvalue weighted by Gasteiger charge is -2.42. The number of rotatable bonds is 3. The Kier molecular flexibility index (Phi) is 3.85. The Balaban J connectivity index is 1.86. The van der Waals surface area contributed by atoms with Crippen molar-refractivity contribution in [3.05, 3.63) is 30.1 Å². The first-order valence-corrected chi connectivity index (χ1v) is 8.13. The SMILES string of the molecule is Cc1nc(SCC(=O)N2c3ccccc3NC(=O)C2(C)C)n[nH]1. The summed E-state index contributed by atoms with van der Waals surface area (Å²) in [7, 11) is 0. The van der Waals surface area contributed by atoms with E-state index < -0.39 is 5.54 Å². The van der Waals surface area contributed by atoms with Gasteiger partial charge in [-0.25, -0.2) is 4.98 Å². The zero-order valence-electron chi connectivity index (χ0n) is 13.1. The van der Waals surface area contributed by atoms with Crippen LogP contribution < -0.4 is 10.2 Å². The molecule has 2 N–H and O–H groups in total. The fraction of sp³-hybridized carbons (Fsp3) is 0.333. The minimum absolute atomic E-state index is 0.155. The Bertz CT molecular complexity index is 771. The first-order chi connectivity index (χ1) is 10.9. The number of amides is 2. The summed E-state index contributed by atoms with van der Waals surface area (Å²) in [6.07, 6.45) is 0. The number of anilines is 2. The van der Waals surface area contributed by atoms with E-state index in [2.05, 4.69) is 20.5 Å². The molecule has 0 aliphatic carbocycles. The molecule has 0 saturated carbocycles. The number of aromatic nitrogens is 3. The second kappa shape index (κ2) is 5.69. The van der Waals surface area contributed by atoms with Crippen LogP contribution >= 0.6 is 11.8 Å². The standard InChI is InChI=1S/C15H17N5O2S/c1-9-16-14(19-18-9)23-8-12(21)20-11-7-5-4-6-10(11)17-13(22)15(20,2)3/h4-7H,8H2,1-3H3,(H,17,22)(H,16,18,19). The van der Waals surface area contributed by atoms with E-state index >= 15 is 0 Å². The lowest BCUT2D eigenvalue weighted by molar-refractivity contribution is -0.125. The van der Waals surface area contributed by atoms with E-state index in [1.54, 1.807) is 31.7 Å². The van der Waals surface area contributed by atoms with E-state index in [1.807, 2.05) is 18.2 Å². The molecule has 120 valence electrons. The van der Waals surface area contributed by atoms with Crippen molar-refractivity contribution in [1.82, 2.24) is 15.2 Å². The molecule has 0 bridgehead atoms. The lowest BCUT2D eigenvalue weighted by atomic mass is 9.96. The highest BCUT2D eigenvalue weighted by Gasteiger charge is 2.43. The number of fused-ring (bicyclic) bond motifs is 1. The monoisotopic (exact) mass is 331 g/mol. The third kappa shape index (κ3) is 2.81. The molecular formula is C15H17N5O2S. The van der Waals surface area contributed by atoms with Gasteiger partial charge in [-0.3, -0.25) is 19.6 Å². The van der Waals surface area contributed by atoms with Gasteiger partial charge in [0.15, 0.2) is 0 Å². The van der Waals surface area contributed by atoms with Gasteiger partial charge < -0.3 is 5.32 Å². The van der Waals surface area contributed by atoms with Crippen LogP contribution in [0.1, 0.15) is 19.7 Å². The molecule has 1 aliphatic rings. The van der Waals surface area contributed by atoms with Crippen molar-refractivity contribution in [3.8, 4) is 0 Å². The number of nitrogens with one attached hydrogen (secondary N) is 2. The maximum atomic E-state index is 12.8. The van der Waals surface area contributed by atoms with E-state index in [0.29, 0.717) is 22.4 Å². The Morgan fingerprint density at radius 2 is 2.09 bits per heavy atom. The maximum absolute atomic E-state index is 12.8. The van der Waals surface area contributed by atoms with Crippen LogP contribution in [0.2, 0.25) is 0 Å². The molecule has 0 radical (unpaired) electrons. The quantitative estimate of drug-likeness (QED) is 0.839. The van der Waals surface area contributed by atoms with Gasteiger partial charge in [0.1, 0.15) is 11.4 Å². The second-order valence-corrected chi connectivity index (χ2v) is 6.69. The summed E-state index contributed by atoms with van der Waals surface area (Å²) in [5.41, 5.74) is 0.388. The average Bonchev–Trinajstić information content (AvgIpc) is 2.91. The molecule has 1 aromatic carbocycles. The van der Waals surface area contributed by atoms with Crippen molar-refractivity contribution < 1.29 is 9.59 Å². The fourth-order valence-electron chi connectivity index (χ4n) is 2.48. The number of carbonyl (C=O) groups excluding carboxylic acids is 2. The van der Waals surface area contributed by atoms with Crippen molar-refractivity contribution in [2.45, 2.75) is 31.5 Å². The smallest absolute Gasteiger partial charge is 0.250 e. The topological polar surface area (TPSA) is 91.0 Å². The van der Waals surface area contributed by atoms with Crippen LogP contribution in [-0.4, -0.2) is 38.3 Å². The number of aryl methyl sites for hydroxylation is 1. The minimum atomic E-state index is -0.957. The van der Waals surface area contributed by atoms with Crippen molar-refractivity contribution in [2.75, 3.05) is 16.0 Å². The molecule has 0 saturated heterocycles. The first-order valence-electron chi connectivity index (χ1n) is 7.15. The molecule has 0 atom stereocenters. The van der Waals surface area contributed by atoms with Gasteiger partial charge in [-0.05, 0) is 32.9 Å². The Morgan fingerprint density at radius 1 is 1.35 bits per heavy atom. The molecule has 0 spiro atoms. The third-order valence-electron chi connectivity index (χ3n) is 3.66. The van der Waals surface area contributed by atoms with Crippen LogP contribution in [0.25, 0.3) is 0 Å². The Hall–Kier alpha value is -2.35. The van der Waals surface area contributed by atoms with E-state index in [9.17, 15) is 9.59 Å². The zero-order valence-corrected chi connectivity index (χ0v) is 13.9. The van der Waals surface area contributed by atoms with Gasteiger partial charge in [-0.1, -0.05) is 23.9 Å². The van der Waals surface area contributed by atoms with E-state index in [4.69, 9.17) is 0 Å². The van der Waals surface area contributed by atoms with Crippen LogP contribution in [0.15, 0.2) is 29.4 Å². The Labute approximate surface area is 137 Å². The summed E-state index contributed by atoms with van der Waals surface area (Å²) in [6, 6.07) is 7.29. The fourth-order valence-corrected chi connectivity index (χ4v) is 3.17. The van der Waals surface area contributed by atoms with Crippen molar-refractivity contribution in [3.63, 3.8) is 0 Å². The highest BCUT2D eigenvalue weighted by molar-refractivity contribution is 7.99. The molecule has 1 aliphatic heterocycles. The average molecular weight is 331 g/mol. The molecular weight excluding hydrogens is 314 g/mol. The van der Waals surface area contributed by atoms with Crippen molar-refractivity contribution in [1.29, 1.82) is 0 Å². The maximum Gasteiger partial charge on any atom is 0.250 e. The first kappa shape index (κ1) is 15.5. The number of nitrogens with zero attached hydrogens (tertiary/aromatic N) is 3. The number of carbonyl (C=O) groups is 2. The van der Waals surface area contributed by atoms with Gasteiger partial charge in [0.2, 0.25) is 17.0 Å². The van der Waals surface area contributed by atoms with Crippen LogP contribution in [0.4, 0.5) is 11.4 Å². The number of benzene rings is 1. The number of para-hydroxylation sites is 2. The highest BCUT2D eigenvalue weighted by Crippen LogP contribution is 2.37. The van der Waals surface area contributed by atoms with Crippen LogP contribution in [-0.2, 0) is 9.59 Å². The molecule has 2 amide bonds. The third-order valence-corrected chi connectivity index (χ3v) is 4.49. The second-order valence-electron chi connectivity index (χ2n) is 5.75. The molecule has 8 heteroatoms. The van der Waals surface area contributed by atoms with E-state index in [-0.39, 0.29) is 17.6 Å². The predicted octanol–water partition coefficient (Wildman–Crippen LogP) is 1.97. The summed E-state index contributed by atoms with van der Waals surface area (Å²) in [6.45, 7) is 5.27. The molecule has 3 rings (SSSR count). The van der Waals surface area contributed by atoms with Gasteiger partial charge in [0.25, 0.3) is 0 Å². The summed E-state index contributed by atoms with van der Waals surface area (Å²) >= 11 is 1.24. The molecule has 2 heterocycles. The normalized spacial score (nSPS) is 16.0. The lowest BCUT2D eigenvalue weighted by Crippen LogP contribution is -2.58. The zero-order chi connectivity index (χ0) is 16.6. The molecule has 0 unspecified atom stereocenters. The van der Waals surface area contributed by atoms with Crippen LogP contribution in [0.3, 0.4) is 0 Å². The number of thioether (sulfide) groups is 1. The highest BCUT2D eigenvalue weighted by atomic mass is 32.2. The van der Waals surface area contributed by atoms with Crippen molar-refractivity contribution in [2.24, 2.45) is 0 Å². The summed E-state index contributed by atoms with van der Waals surface area (Å²) < 4.78 is 0. The number of H-pyrrole nitrogens is 1. The number of aromatic amines is 1. The number of hydrogen-bond acceptors (Lipinski definition) is 5. The molecule has 23 heavy (non-hydrogen) atoms. The summed E-state index contributed by atoms with van der Waals surface area (Å²) in [5.74, 6) is 0.485. The van der Waals surface area contributed by atoms with Crippen molar-refractivity contribution >= 4 is 35.0 Å². The minimum Gasteiger partial charge on any atom is -0.322 e. The molecule has 7 nitrogen and oxygen atoms in total. The number of hydrogen-bond donors (Lipinski definition) is 2. The Morgan fingerprint density at radius 3 is 2.78 bits per heavy atom. The van der Waals surface area contributed by atoms with Gasteiger partial charge in [-0.2, -0.15) is 0 Å². The molecule has 1 aromatic heterocycles. The molecule has 2 aromatic rings. The van der Waals surface area contributed by atoms with E-state index in [0.717, 1.165) is 0 Å².